The Morgan fingerprint density at radius 1 is 0.911 bits per heavy atom. The van der Waals surface area contributed by atoms with Crippen molar-refractivity contribution in [1.82, 2.24) is 20.0 Å². The molecule has 1 aromatic heterocycles. The van der Waals surface area contributed by atoms with E-state index in [0.29, 0.717) is 51.1 Å². The molecule has 3 aromatic carbocycles. The number of carbonyl (C=O) groups excluding carboxylic acids is 2. The van der Waals surface area contributed by atoms with E-state index >= 15 is 0 Å². The van der Waals surface area contributed by atoms with Crippen molar-refractivity contribution in [2.75, 3.05) is 19.6 Å². The second-order valence-electron chi connectivity index (χ2n) is 11.6. The van der Waals surface area contributed by atoms with E-state index in [2.05, 4.69) is 34.7 Å². The normalized spacial score (nSPS) is 14.1. The minimum absolute atomic E-state index is 0.0231. The van der Waals surface area contributed by atoms with Crippen molar-refractivity contribution in [3.05, 3.63) is 108 Å². The van der Waals surface area contributed by atoms with Crippen LogP contribution in [0.1, 0.15) is 48.3 Å². The first-order valence-corrected chi connectivity index (χ1v) is 15.5. The first kappa shape index (κ1) is 31.5. The first-order chi connectivity index (χ1) is 21.9. The van der Waals surface area contributed by atoms with Crippen molar-refractivity contribution in [2.24, 2.45) is 13.0 Å². The maximum Gasteiger partial charge on any atom is 0.305 e. The molecule has 5 rings (SSSR count). The molecule has 1 atom stereocenters. The highest BCUT2D eigenvalue weighted by Crippen LogP contribution is 2.34. The first-order valence-electron chi connectivity index (χ1n) is 15.5. The van der Waals surface area contributed by atoms with Crippen LogP contribution in [0.3, 0.4) is 0 Å². The molecule has 0 bridgehead atoms. The Bertz CT molecular complexity index is 1560. The molecule has 0 spiro atoms. The smallest absolute Gasteiger partial charge is 0.305 e. The van der Waals surface area contributed by atoms with Gasteiger partial charge >= 0.3 is 5.97 Å². The number of ether oxygens (including phenoxy) is 1. The molecule has 234 valence electrons. The second kappa shape index (κ2) is 15.2. The highest BCUT2D eigenvalue weighted by Gasteiger charge is 2.33. The van der Waals surface area contributed by atoms with Gasteiger partial charge in [-0.05, 0) is 59.6 Å². The summed E-state index contributed by atoms with van der Waals surface area (Å²) < 4.78 is 7.71. The fourth-order valence-electron chi connectivity index (χ4n) is 5.88. The molecular formula is C36H40N4O5. The Balaban J connectivity index is 1.16. The second-order valence-corrected chi connectivity index (χ2v) is 11.6. The Morgan fingerprint density at radius 3 is 2.27 bits per heavy atom. The maximum atomic E-state index is 13.4. The number of nitrogens with zero attached hydrogens (tertiary/aromatic N) is 3. The number of aryl methyl sites for hydroxylation is 2. The molecule has 1 aliphatic heterocycles. The van der Waals surface area contributed by atoms with E-state index in [-0.39, 0.29) is 30.7 Å². The molecule has 4 aromatic rings. The van der Waals surface area contributed by atoms with Crippen LogP contribution in [0.25, 0.3) is 11.1 Å². The van der Waals surface area contributed by atoms with Gasteiger partial charge in [-0.2, -0.15) is 5.10 Å². The zero-order chi connectivity index (χ0) is 31.6. The lowest BCUT2D eigenvalue weighted by atomic mass is 9.79. The van der Waals surface area contributed by atoms with Gasteiger partial charge in [0.1, 0.15) is 12.4 Å². The third kappa shape index (κ3) is 8.81. The molecule has 0 saturated carbocycles. The summed E-state index contributed by atoms with van der Waals surface area (Å²) in [4.78, 5) is 39.4. The third-order valence-corrected chi connectivity index (χ3v) is 8.39. The monoisotopic (exact) mass is 608 g/mol. The van der Waals surface area contributed by atoms with Crippen LogP contribution in [-0.4, -0.2) is 57.2 Å². The highest BCUT2D eigenvalue weighted by atomic mass is 16.5. The zero-order valence-corrected chi connectivity index (χ0v) is 25.6. The molecule has 45 heavy (non-hydrogen) atoms. The molecule has 1 saturated heterocycles. The molecule has 1 aliphatic rings. The van der Waals surface area contributed by atoms with Crippen molar-refractivity contribution in [1.29, 1.82) is 0 Å². The number of benzene rings is 3. The Morgan fingerprint density at radius 2 is 1.62 bits per heavy atom. The van der Waals surface area contributed by atoms with E-state index in [0.717, 1.165) is 27.8 Å². The molecule has 2 amide bonds. The standard InChI is InChI=1S/C36H40N4O5/c1-39-24-31(23-38-39)28-10-7-26(8-11-28)9-16-33(41)40-21-18-30(19-22-40)35(36(44)37-20-17-34(42)43)29-12-14-32(15-13-29)45-25-27-5-3-2-4-6-27/h2-8,10-15,23-24,30,35H,9,16-22,25H2,1H3,(H,37,44)(H,42,43)/t35-/m1/s1. The lowest BCUT2D eigenvalue weighted by Gasteiger charge is -2.36. The van der Waals surface area contributed by atoms with E-state index in [9.17, 15) is 14.4 Å². The van der Waals surface area contributed by atoms with E-state index in [4.69, 9.17) is 9.84 Å². The summed E-state index contributed by atoms with van der Waals surface area (Å²) in [7, 11) is 1.89. The van der Waals surface area contributed by atoms with Crippen LogP contribution in [0.5, 0.6) is 5.75 Å². The number of nitrogens with one attached hydrogen (secondary N) is 1. The number of aromatic nitrogens is 2. The van der Waals surface area contributed by atoms with Crippen LogP contribution >= 0.6 is 0 Å². The Labute approximate surface area is 263 Å². The number of hydrogen-bond donors (Lipinski definition) is 2. The molecule has 9 nitrogen and oxygen atoms in total. The summed E-state index contributed by atoms with van der Waals surface area (Å²) in [6.45, 7) is 1.69. The van der Waals surface area contributed by atoms with Crippen molar-refractivity contribution in [2.45, 2.75) is 44.6 Å². The Hall–Kier alpha value is -4.92. The van der Waals surface area contributed by atoms with Gasteiger partial charge in [0.25, 0.3) is 0 Å². The van der Waals surface area contributed by atoms with Gasteiger partial charge in [0.2, 0.25) is 11.8 Å². The van der Waals surface area contributed by atoms with Gasteiger partial charge in [-0.3, -0.25) is 19.1 Å². The Kier molecular flexibility index (Phi) is 10.6. The zero-order valence-electron chi connectivity index (χ0n) is 25.6. The fraction of sp³-hybridized carbons (Fsp3) is 0.333. The maximum absolute atomic E-state index is 13.4. The molecule has 2 heterocycles. The summed E-state index contributed by atoms with van der Waals surface area (Å²) in [5.41, 5.74) is 5.19. The van der Waals surface area contributed by atoms with E-state index in [1.807, 2.05) is 78.9 Å². The fourth-order valence-corrected chi connectivity index (χ4v) is 5.88. The van der Waals surface area contributed by atoms with Gasteiger partial charge in [0.05, 0.1) is 18.5 Å². The van der Waals surface area contributed by atoms with Crippen molar-refractivity contribution < 1.29 is 24.2 Å². The summed E-state index contributed by atoms with van der Waals surface area (Å²) in [5.74, 6) is -0.740. The predicted octanol–water partition coefficient (Wildman–Crippen LogP) is 5.21. The van der Waals surface area contributed by atoms with Crippen molar-refractivity contribution in [3.63, 3.8) is 0 Å². The molecule has 0 radical (unpaired) electrons. The minimum Gasteiger partial charge on any atom is -0.489 e. The topological polar surface area (TPSA) is 114 Å². The predicted molar refractivity (Wildman–Crippen MR) is 171 cm³/mol. The molecule has 0 aliphatic carbocycles. The largest absolute Gasteiger partial charge is 0.489 e. The summed E-state index contributed by atoms with van der Waals surface area (Å²) >= 11 is 0. The van der Waals surface area contributed by atoms with Crippen molar-refractivity contribution >= 4 is 17.8 Å². The lowest BCUT2D eigenvalue weighted by Crippen LogP contribution is -2.43. The van der Waals surface area contributed by atoms with Crippen LogP contribution in [0.4, 0.5) is 0 Å². The average molecular weight is 609 g/mol. The van der Waals surface area contributed by atoms with Crippen molar-refractivity contribution in [3.8, 4) is 16.9 Å². The SMILES string of the molecule is Cn1cc(-c2ccc(CCC(=O)N3CCC([C@H](C(=O)NCCC(=O)O)c4ccc(OCc5ccccc5)cc4)CC3)cc2)cn1. The van der Waals surface area contributed by atoms with Crippen LogP contribution in [0.2, 0.25) is 0 Å². The number of carbonyl (C=O) groups is 3. The molecule has 2 N–H and O–H groups in total. The van der Waals surface area contributed by atoms with Gasteiger partial charge in [-0.25, -0.2) is 0 Å². The minimum atomic E-state index is -0.956. The summed E-state index contributed by atoms with van der Waals surface area (Å²) in [6, 6.07) is 25.7. The van der Waals surface area contributed by atoms with E-state index < -0.39 is 11.9 Å². The number of rotatable bonds is 13. The van der Waals surface area contributed by atoms with Crippen LogP contribution in [-0.2, 0) is 34.5 Å². The quantitative estimate of drug-likeness (QED) is 0.215. The van der Waals surface area contributed by atoms with E-state index in [1.165, 1.54) is 0 Å². The van der Waals surface area contributed by atoms with Gasteiger partial charge in [0.15, 0.2) is 0 Å². The van der Waals surface area contributed by atoms with Crippen LogP contribution in [0.15, 0.2) is 91.3 Å². The third-order valence-electron chi connectivity index (χ3n) is 8.39. The number of aliphatic carboxylic acids is 1. The van der Waals surface area contributed by atoms with Crippen LogP contribution < -0.4 is 10.1 Å². The average Bonchev–Trinajstić information content (AvgIpc) is 3.50. The number of hydrogen-bond acceptors (Lipinski definition) is 5. The summed E-state index contributed by atoms with van der Waals surface area (Å²) in [5, 5.41) is 16.1. The lowest BCUT2D eigenvalue weighted by molar-refractivity contribution is -0.137. The number of piperidine rings is 1. The molecule has 1 fully saturated rings. The molecule has 9 heteroatoms. The van der Waals surface area contributed by atoms with Crippen LogP contribution in [0, 0.1) is 5.92 Å². The van der Waals surface area contributed by atoms with Gasteiger partial charge < -0.3 is 20.1 Å². The van der Waals surface area contributed by atoms with E-state index in [1.54, 1.807) is 4.68 Å². The number of amides is 2. The summed E-state index contributed by atoms with van der Waals surface area (Å²) in [6.07, 6.45) is 6.15. The number of carboxylic acids is 1. The van der Waals surface area contributed by atoms with Gasteiger partial charge in [-0.1, -0.05) is 66.7 Å². The molecular weight excluding hydrogens is 568 g/mol. The number of likely N-dealkylation sites (tertiary alicyclic amines) is 1. The highest BCUT2D eigenvalue weighted by molar-refractivity contribution is 5.84. The van der Waals surface area contributed by atoms with Gasteiger partial charge in [0, 0.05) is 44.9 Å². The van der Waals surface area contributed by atoms with Gasteiger partial charge in [-0.15, -0.1) is 0 Å². The molecule has 0 unspecified atom stereocenters. The number of carboxylic acid groups (broad SMARTS) is 1.